The first-order valence-electron chi connectivity index (χ1n) is 6.17. The van der Waals surface area contributed by atoms with Gasteiger partial charge in [0.15, 0.2) is 5.17 Å². The molecule has 0 spiro atoms. The van der Waals surface area contributed by atoms with Crippen LogP contribution in [0.2, 0.25) is 0 Å². The zero-order valence-electron chi connectivity index (χ0n) is 11.1. The fourth-order valence-corrected chi connectivity index (χ4v) is 2.50. The van der Waals surface area contributed by atoms with Crippen molar-refractivity contribution in [2.45, 2.75) is 5.75 Å². The molecule has 0 unspecified atom stereocenters. The van der Waals surface area contributed by atoms with Crippen LogP contribution in [0, 0.1) is 0 Å². The standard InChI is InChI=1S/C15H14BrN3OS/c16-14-7-6-13(20)8-12(14)9-18-19-15(17)21-10-11-4-2-1-3-5-11/h1-9,20H,10H2,(H2,17,19). The predicted molar refractivity (Wildman–Crippen MR) is 92.8 cm³/mol. The minimum atomic E-state index is 0.176. The van der Waals surface area contributed by atoms with Gasteiger partial charge in [0.1, 0.15) is 5.75 Å². The molecule has 0 heterocycles. The summed E-state index contributed by atoms with van der Waals surface area (Å²) >= 11 is 4.80. The van der Waals surface area contributed by atoms with Crippen LogP contribution in [0.3, 0.4) is 0 Å². The van der Waals surface area contributed by atoms with Crippen molar-refractivity contribution in [3.05, 3.63) is 64.1 Å². The molecular formula is C15H14BrN3OS. The van der Waals surface area contributed by atoms with E-state index >= 15 is 0 Å². The van der Waals surface area contributed by atoms with Gasteiger partial charge in [-0.2, -0.15) is 5.10 Å². The number of halogens is 1. The van der Waals surface area contributed by atoms with Crippen molar-refractivity contribution < 1.29 is 5.11 Å². The van der Waals surface area contributed by atoms with Gasteiger partial charge < -0.3 is 10.8 Å². The van der Waals surface area contributed by atoms with Gasteiger partial charge in [-0.05, 0) is 23.8 Å². The Morgan fingerprint density at radius 2 is 2.00 bits per heavy atom. The molecule has 0 aliphatic carbocycles. The van der Waals surface area contributed by atoms with E-state index in [9.17, 15) is 5.11 Å². The molecule has 108 valence electrons. The van der Waals surface area contributed by atoms with E-state index < -0.39 is 0 Å². The van der Waals surface area contributed by atoms with Crippen molar-refractivity contribution in [1.29, 1.82) is 0 Å². The van der Waals surface area contributed by atoms with Gasteiger partial charge in [0, 0.05) is 15.8 Å². The Balaban J connectivity index is 1.93. The van der Waals surface area contributed by atoms with Crippen LogP contribution in [0.25, 0.3) is 0 Å². The summed E-state index contributed by atoms with van der Waals surface area (Å²) in [4.78, 5) is 0. The van der Waals surface area contributed by atoms with Crippen LogP contribution in [0.4, 0.5) is 0 Å². The molecule has 0 fully saturated rings. The van der Waals surface area contributed by atoms with Crippen LogP contribution < -0.4 is 5.73 Å². The second kappa shape index (κ2) is 7.85. The second-order valence-corrected chi connectivity index (χ2v) is 6.01. The maximum Gasteiger partial charge on any atom is 0.180 e. The average molecular weight is 364 g/mol. The van der Waals surface area contributed by atoms with E-state index in [1.165, 1.54) is 17.3 Å². The van der Waals surface area contributed by atoms with Gasteiger partial charge in [-0.1, -0.05) is 58.0 Å². The summed E-state index contributed by atoms with van der Waals surface area (Å²) in [6.07, 6.45) is 1.54. The molecule has 0 aromatic heterocycles. The largest absolute Gasteiger partial charge is 0.508 e. The lowest BCUT2D eigenvalue weighted by Gasteiger charge is -2.00. The van der Waals surface area contributed by atoms with Crippen molar-refractivity contribution in [2.24, 2.45) is 15.9 Å². The summed E-state index contributed by atoms with van der Waals surface area (Å²) in [5.74, 6) is 0.927. The number of aromatic hydroxyl groups is 1. The molecule has 0 bridgehead atoms. The zero-order chi connectivity index (χ0) is 15.1. The van der Waals surface area contributed by atoms with Crippen LogP contribution in [-0.4, -0.2) is 16.5 Å². The third-order valence-corrected chi connectivity index (χ3v) is 4.14. The first-order chi connectivity index (χ1) is 10.1. The van der Waals surface area contributed by atoms with Gasteiger partial charge in [0.05, 0.1) is 6.21 Å². The number of thioether (sulfide) groups is 1. The normalized spacial score (nSPS) is 12.0. The van der Waals surface area contributed by atoms with E-state index in [4.69, 9.17) is 5.73 Å². The molecule has 3 N–H and O–H groups in total. The number of benzene rings is 2. The molecule has 0 amide bonds. The highest BCUT2D eigenvalue weighted by Gasteiger charge is 1.98. The van der Waals surface area contributed by atoms with Crippen molar-refractivity contribution >= 4 is 39.1 Å². The molecule has 2 aromatic rings. The number of nitrogens with two attached hydrogens (primary N) is 1. The number of nitrogens with zero attached hydrogens (tertiary/aromatic N) is 2. The molecule has 0 aliphatic rings. The number of amidine groups is 1. The average Bonchev–Trinajstić information content (AvgIpc) is 2.50. The lowest BCUT2D eigenvalue weighted by Crippen LogP contribution is -2.06. The smallest absolute Gasteiger partial charge is 0.180 e. The van der Waals surface area contributed by atoms with Crippen LogP contribution >= 0.6 is 27.7 Å². The Hall–Kier alpha value is -1.79. The fraction of sp³-hybridized carbons (Fsp3) is 0.0667. The van der Waals surface area contributed by atoms with E-state index in [0.717, 1.165) is 15.8 Å². The molecule has 0 saturated carbocycles. The van der Waals surface area contributed by atoms with Crippen molar-refractivity contribution in [1.82, 2.24) is 0 Å². The van der Waals surface area contributed by atoms with E-state index in [0.29, 0.717) is 5.17 Å². The Morgan fingerprint density at radius 1 is 1.24 bits per heavy atom. The summed E-state index contributed by atoms with van der Waals surface area (Å²) in [5.41, 5.74) is 7.71. The summed E-state index contributed by atoms with van der Waals surface area (Å²) in [7, 11) is 0. The molecule has 6 heteroatoms. The maximum atomic E-state index is 9.41. The number of rotatable bonds is 4. The van der Waals surface area contributed by atoms with E-state index in [2.05, 4.69) is 26.1 Å². The fourth-order valence-electron chi connectivity index (χ4n) is 1.54. The van der Waals surface area contributed by atoms with E-state index in [1.54, 1.807) is 24.4 Å². The van der Waals surface area contributed by atoms with Crippen molar-refractivity contribution in [3.63, 3.8) is 0 Å². The highest BCUT2D eigenvalue weighted by molar-refractivity contribution is 9.10. The highest BCUT2D eigenvalue weighted by atomic mass is 79.9. The first kappa shape index (κ1) is 15.6. The van der Waals surface area contributed by atoms with Crippen molar-refractivity contribution in [3.8, 4) is 5.75 Å². The summed E-state index contributed by atoms with van der Waals surface area (Å²) in [5, 5.41) is 17.7. The highest BCUT2D eigenvalue weighted by Crippen LogP contribution is 2.20. The van der Waals surface area contributed by atoms with Gasteiger partial charge >= 0.3 is 0 Å². The van der Waals surface area contributed by atoms with Gasteiger partial charge in [-0.25, -0.2) is 0 Å². The second-order valence-electron chi connectivity index (χ2n) is 4.16. The molecule has 0 atom stereocenters. The molecule has 0 saturated heterocycles. The number of phenolic OH excluding ortho intramolecular Hbond substituents is 1. The Morgan fingerprint density at radius 3 is 2.76 bits per heavy atom. The molecular weight excluding hydrogens is 350 g/mol. The molecule has 2 rings (SSSR count). The quantitative estimate of drug-likeness (QED) is 0.493. The predicted octanol–water partition coefficient (Wildman–Crippen LogP) is 3.74. The SMILES string of the molecule is NC(=NN=Cc1cc(O)ccc1Br)SCc1ccccc1. The Kier molecular flexibility index (Phi) is 5.83. The Bertz CT molecular complexity index is 659. The first-order valence-corrected chi connectivity index (χ1v) is 7.95. The minimum absolute atomic E-state index is 0.176. The lowest BCUT2D eigenvalue weighted by atomic mass is 10.2. The Labute approximate surface area is 135 Å². The topological polar surface area (TPSA) is 71.0 Å². The molecule has 2 aromatic carbocycles. The van der Waals surface area contributed by atoms with Gasteiger partial charge in [0.2, 0.25) is 0 Å². The third kappa shape index (κ3) is 5.24. The number of hydrogen-bond acceptors (Lipinski definition) is 4. The number of phenols is 1. The van der Waals surface area contributed by atoms with Crippen LogP contribution in [0.1, 0.15) is 11.1 Å². The van der Waals surface area contributed by atoms with E-state index in [1.807, 2.05) is 30.3 Å². The van der Waals surface area contributed by atoms with Gasteiger partial charge in [0.25, 0.3) is 0 Å². The maximum absolute atomic E-state index is 9.41. The molecule has 0 radical (unpaired) electrons. The van der Waals surface area contributed by atoms with Gasteiger partial charge in [-0.15, -0.1) is 5.10 Å². The molecule has 21 heavy (non-hydrogen) atoms. The third-order valence-electron chi connectivity index (χ3n) is 2.56. The lowest BCUT2D eigenvalue weighted by molar-refractivity contribution is 0.475. The molecule has 4 nitrogen and oxygen atoms in total. The zero-order valence-corrected chi connectivity index (χ0v) is 13.5. The summed E-state index contributed by atoms with van der Waals surface area (Å²) < 4.78 is 0.828. The summed E-state index contributed by atoms with van der Waals surface area (Å²) in [6, 6.07) is 14.9. The van der Waals surface area contributed by atoms with Crippen LogP contribution in [0.15, 0.2) is 63.2 Å². The van der Waals surface area contributed by atoms with Gasteiger partial charge in [-0.3, -0.25) is 0 Å². The summed E-state index contributed by atoms with van der Waals surface area (Å²) in [6.45, 7) is 0. The minimum Gasteiger partial charge on any atom is -0.508 e. The monoisotopic (exact) mass is 363 g/mol. The van der Waals surface area contributed by atoms with Crippen LogP contribution in [-0.2, 0) is 5.75 Å². The number of hydrogen-bond donors (Lipinski definition) is 2. The van der Waals surface area contributed by atoms with Crippen molar-refractivity contribution in [2.75, 3.05) is 0 Å². The van der Waals surface area contributed by atoms with E-state index in [-0.39, 0.29) is 5.75 Å². The van der Waals surface area contributed by atoms with Crippen LogP contribution in [0.5, 0.6) is 5.75 Å². The molecule has 0 aliphatic heterocycles.